The largest absolute Gasteiger partial charge is 0.347 e. The van der Waals surface area contributed by atoms with Gasteiger partial charge >= 0.3 is 6.03 Å². The lowest BCUT2D eigenvalue weighted by Crippen LogP contribution is -2.42. The number of amides is 2. The van der Waals surface area contributed by atoms with Gasteiger partial charge in [-0.2, -0.15) is 0 Å². The molecule has 1 atom stereocenters. The SMILES string of the molecule is CCCn1ccc2ccc(NC(=O)N3CCCC(c4nnc5n4CCC5)C3)cc21. The van der Waals surface area contributed by atoms with Crippen molar-refractivity contribution in [3.8, 4) is 0 Å². The van der Waals surface area contributed by atoms with Gasteiger partial charge in [0.2, 0.25) is 0 Å². The summed E-state index contributed by atoms with van der Waals surface area (Å²) in [5.41, 5.74) is 2.02. The fourth-order valence-electron chi connectivity index (χ4n) is 4.75. The third kappa shape index (κ3) is 3.39. The zero-order chi connectivity index (χ0) is 19.8. The maximum Gasteiger partial charge on any atom is 0.321 e. The van der Waals surface area contributed by atoms with Crippen LogP contribution in [0.4, 0.5) is 10.5 Å². The Morgan fingerprint density at radius 2 is 2.14 bits per heavy atom. The summed E-state index contributed by atoms with van der Waals surface area (Å²) in [4.78, 5) is 14.9. The number of carbonyl (C=O) groups excluding carboxylic acids is 1. The van der Waals surface area contributed by atoms with Gasteiger partial charge in [0.25, 0.3) is 0 Å². The molecule has 1 aromatic carbocycles. The molecule has 1 saturated heterocycles. The first-order valence-corrected chi connectivity index (χ1v) is 10.8. The van der Waals surface area contributed by atoms with Crippen molar-refractivity contribution in [3.63, 3.8) is 0 Å². The number of urea groups is 1. The molecule has 0 radical (unpaired) electrons. The van der Waals surface area contributed by atoms with E-state index in [2.05, 4.69) is 56.0 Å². The zero-order valence-corrected chi connectivity index (χ0v) is 17.0. The summed E-state index contributed by atoms with van der Waals surface area (Å²) in [6.45, 7) is 5.67. The Kier molecular flexibility index (Phi) is 4.73. The molecule has 2 amide bonds. The fourth-order valence-corrected chi connectivity index (χ4v) is 4.75. The number of rotatable bonds is 4. The summed E-state index contributed by atoms with van der Waals surface area (Å²) in [6.07, 6.45) is 7.44. The van der Waals surface area contributed by atoms with Gasteiger partial charge in [-0.25, -0.2) is 4.79 Å². The van der Waals surface area contributed by atoms with Crippen molar-refractivity contribution in [2.24, 2.45) is 0 Å². The number of hydrogen-bond donors (Lipinski definition) is 1. The van der Waals surface area contributed by atoms with Crippen molar-refractivity contribution in [3.05, 3.63) is 42.1 Å². The van der Waals surface area contributed by atoms with Crippen LogP contribution in [0, 0.1) is 0 Å². The molecule has 1 unspecified atom stereocenters. The molecule has 4 heterocycles. The summed E-state index contributed by atoms with van der Waals surface area (Å²) in [5.74, 6) is 2.44. The number of benzene rings is 1. The molecule has 0 bridgehead atoms. The van der Waals surface area contributed by atoms with Gasteiger partial charge in [0, 0.05) is 50.4 Å². The Bertz CT molecular complexity index is 1040. The van der Waals surface area contributed by atoms with E-state index in [0.29, 0.717) is 6.54 Å². The van der Waals surface area contributed by atoms with Crippen LogP contribution in [0.2, 0.25) is 0 Å². The summed E-state index contributed by atoms with van der Waals surface area (Å²) < 4.78 is 4.51. The number of nitrogens with one attached hydrogen (secondary N) is 1. The van der Waals surface area contributed by atoms with Crippen LogP contribution in [0.1, 0.15) is 50.2 Å². The van der Waals surface area contributed by atoms with E-state index in [0.717, 1.165) is 69.1 Å². The van der Waals surface area contributed by atoms with E-state index < -0.39 is 0 Å². The molecule has 1 N–H and O–H groups in total. The molecule has 29 heavy (non-hydrogen) atoms. The van der Waals surface area contributed by atoms with E-state index >= 15 is 0 Å². The predicted molar refractivity (Wildman–Crippen MR) is 113 cm³/mol. The molecule has 152 valence electrons. The molecule has 3 aromatic rings. The van der Waals surface area contributed by atoms with Gasteiger partial charge in [-0.05, 0) is 49.3 Å². The summed E-state index contributed by atoms with van der Waals surface area (Å²) in [5, 5.41) is 13.1. The number of aromatic nitrogens is 4. The molecule has 7 heteroatoms. The third-order valence-corrected chi connectivity index (χ3v) is 6.20. The molecule has 7 nitrogen and oxygen atoms in total. The number of fused-ring (bicyclic) bond motifs is 2. The van der Waals surface area contributed by atoms with Crippen LogP contribution in [0.25, 0.3) is 10.9 Å². The molecule has 1 fully saturated rings. The first-order valence-electron chi connectivity index (χ1n) is 10.8. The monoisotopic (exact) mass is 392 g/mol. The minimum atomic E-state index is -0.0243. The van der Waals surface area contributed by atoms with Gasteiger partial charge in [0.05, 0.1) is 5.52 Å². The van der Waals surface area contributed by atoms with Crippen LogP contribution in [0.5, 0.6) is 0 Å². The van der Waals surface area contributed by atoms with E-state index in [-0.39, 0.29) is 11.9 Å². The summed E-state index contributed by atoms with van der Waals surface area (Å²) >= 11 is 0. The molecule has 0 aliphatic carbocycles. The normalized spacial score (nSPS) is 18.9. The Hall–Kier alpha value is -2.83. The van der Waals surface area contributed by atoms with Crippen LogP contribution in [0.3, 0.4) is 0 Å². The molecule has 0 saturated carbocycles. The van der Waals surface area contributed by atoms with E-state index in [4.69, 9.17) is 0 Å². The number of carbonyl (C=O) groups is 1. The van der Waals surface area contributed by atoms with Crippen molar-refractivity contribution in [2.75, 3.05) is 18.4 Å². The van der Waals surface area contributed by atoms with Gasteiger partial charge in [0.15, 0.2) is 0 Å². The zero-order valence-electron chi connectivity index (χ0n) is 17.0. The van der Waals surface area contributed by atoms with Crippen molar-refractivity contribution in [1.82, 2.24) is 24.2 Å². The smallest absolute Gasteiger partial charge is 0.321 e. The highest BCUT2D eigenvalue weighted by Crippen LogP contribution is 2.29. The number of piperidine rings is 1. The Balaban J connectivity index is 1.30. The molecule has 2 aliphatic rings. The first kappa shape index (κ1) is 18.2. The van der Waals surface area contributed by atoms with E-state index in [1.54, 1.807) is 0 Å². The van der Waals surface area contributed by atoms with Gasteiger partial charge in [0.1, 0.15) is 11.6 Å². The number of hydrogen-bond acceptors (Lipinski definition) is 3. The van der Waals surface area contributed by atoms with Gasteiger partial charge in [-0.1, -0.05) is 13.0 Å². The van der Waals surface area contributed by atoms with Crippen LogP contribution in [0.15, 0.2) is 30.5 Å². The number of likely N-dealkylation sites (tertiary alicyclic amines) is 1. The maximum absolute atomic E-state index is 13.0. The third-order valence-electron chi connectivity index (χ3n) is 6.20. The average molecular weight is 393 g/mol. The highest BCUT2D eigenvalue weighted by atomic mass is 16.2. The van der Waals surface area contributed by atoms with Crippen LogP contribution >= 0.6 is 0 Å². The second kappa shape index (κ2) is 7.54. The maximum atomic E-state index is 13.0. The average Bonchev–Trinajstić information content (AvgIpc) is 3.44. The minimum Gasteiger partial charge on any atom is -0.347 e. The van der Waals surface area contributed by atoms with Crippen molar-refractivity contribution < 1.29 is 4.79 Å². The molecule has 2 aromatic heterocycles. The lowest BCUT2D eigenvalue weighted by atomic mass is 9.97. The standard InChI is InChI=1S/C22H28N6O/c1-2-10-26-13-9-16-7-8-18(14-19(16)26)23-22(29)27-11-3-5-17(15-27)21-25-24-20-6-4-12-28(20)21/h7-9,13-14,17H,2-6,10-12,15H2,1H3,(H,23,29). The lowest BCUT2D eigenvalue weighted by molar-refractivity contribution is 0.190. The molecule has 0 spiro atoms. The van der Waals surface area contributed by atoms with Crippen molar-refractivity contribution in [1.29, 1.82) is 0 Å². The van der Waals surface area contributed by atoms with Gasteiger partial charge in [-0.15, -0.1) is 10.2 Å². The van der Waals surface area contributed by atoms with Gasteiger partial charge < -0.3 is 19.4 Å². The molecule has 5 rings (SSSR count). The second-order valence-corrected chi connectivity index (χ2v) is 8.23. The van der Waals surface area contributed by atoms with Crippen LogP contribution in [-0.2, 0) is 19.5 Å². The van der Waals surface area contributed by atoms with Crippen molar-refractivity contribution in [2.45, 2.75) is 58.0 Å². The Morgan fingerprint density at radius 1 is 1.21 bits per heavy atom. The lowest BCUT2D eigenvalue weighted by Gasteiger charge is -2.32. The molecular formula is C22H28N6O. The van der Waals surface area contributed by atoms with E-state index in [1.165, 1.54) is 10.9 Å². The summed E-state index contributed by atoms with van der Waals surface area (Å²) in [7, 11) is 0. The highest BCUT2D eigenvalue weighted by molar-refractivity contribution is 5.93. The van der Waals surface area contributed by atoms with Gasteiger partial charge in [-0.3, -0.25) is 0 Å². The molecule has 2 aliphatic heterocycles. The highest BCUT2D eigenvalue weighted by Gasteiger charge is 2.30. The Morgan fingerprint density at radius 3 is 3.03 bits per heavy atom. The quantitative estimate of drug-likeness (QED) is 0.730. The summed E-state index contributed by atoms with van der Waals surface area (Å²) in [6, 6.07) is 8.25. The number of anilines is 1. The second-order valence-electron chi connectivity index (χ2n) is 8.23. The molecular weight excluding hydrogens is 364 g/mol. The van der Waals surface area contributed by atoms with Crippen molar-refractivity contribution >= 4 is 22.6 Å². The topological polar surface area (TPSA) is 68.0 Å². The Labute approximate surface area is 170 Å². The van der Waals surface area contributed by atoms with E-state index in [1.807, 2.05) is 11.0 Å². The number of aryl methyl sites for hydroxylation is 2. The van der Waals surface area contributed by atoms with Crippen LogP contribution < -0.4 is 5.32 Å². The van der Waals surface area contributed by atoms with Crippen LogP contribution in [-0.4, -0.2) is 43.4 Å². The van der Waals surface area contributed by atoms with E-state index in [9.17, 15) is 4.79 Å². The minimum absolute atomic E-state index is 0.0243. The fraction of sp³-hybridized carbons (Fsp3) is 0.500. The first-order chi connectivity index (χ1) is 14.2. The predicted octanol–water partition coefficient (Wildman–Crippen LogP) is 4.00. The number of nitrogens with zero attached hydrogens (tertiary/aromatic N) is 5.